The molecule has 0 rings (SSSR count). The van der Waals surface area contributed by atoms with E-state index in [2.05, 4.69) is 19.2 Å². The normalized spacial score (nSPS) is 12.4. The zero-order valence-corrected chi connectivity index (χ0v) is 55.6. The highest BCUT2D eigenvalue weighted by atomic mass is 16.5. The minimum atomic E-state index is -0.662. The first kappa shape index (κ1) is 79.9. The molecule has 0 aromatic heterocycles. The largest absolute Gasteiger partial charge is 0.466 e. The van der Waals surface area contributed by atoms with Crippen LogP contribution in [0.2, 0.25) is 0 Å². The van der Waals surface area contributed by atoms with Crippen LogP contribution in [0.15, 0.2) is 0 Å². The van der Waals surface area contributed by atoms with Crippen molar-refractivity contribution in [1.82, 2.24) is 5.32 Å². The van der Waals surface area contributed by atoms with Crippen molar-refractivity contribution in [2.45, 2.75) is 456 Å². The van der Waals surface area contributed by atoms with Gasteiger partial charge in [0.15, 0.2) is 0 Å². The molecule has 2 atom stereocenters. The fourth-order valence-electron chi connectivity index (χ4n) is 12.4. The van der Waals surface area contributed by atoms with Crippen molar-refractivity contribution in [2.24, 2.45) is 0 Å². The van der Waals surface area contributed by atoms with Crippen molar-refractivity contribution in [3.63, 3.8) is 0 Å². The van der Waals surface area contributed by atoms with Gasteiger partial charge in [-0.05, 0) is 25.7 Å². The molecular weight excluding hydrogens is 995 g/mol. The molecule has 0 radical (unpaired) electrons. The Morgan fingerprint density at radius 2 is 0.506 bits per heavy atom. The van der Waals surface area contributed by atoms with Crippen molar-refractivity contribution in [3.05, 3.63) is 0 Å². The van der Waals surface area contributed by atoms with Gasteiger partial charge >= 0.3 is 5.97 Å². The number of carbonyl (C=O) groups is 2. The molecule has 3 N–H and O–H groups in total. The lowest BCUT2D eigenvalue weighted by molar-refractivity contribution is -0.143. The SMILES string of the molecule is CCCCCCCCCCCCCCCCCCCCCCC(O)C(CO)NC(=O)CCCCCCCCCCCCCCCCCCCCCCCCCCCCCOC(=O)CCCCCCCCCCCCCCCCCCC. The van der Waals surface area contributed by atoms with Gasteiger partial charge in [0.2, 0.25) is 5.91 Å². The summed E-state index contributed by atoms with van der Waals surface area (Å²) in [4.78, 5) is 24.7. The quantitative estimate of drug-likeness (QED) is 0.0417. The Balaban J connectivity index is 3.33. The van der Waals surface area contributed by atoms with Crippen molar-refractivity contribution in [3.8, 4) is 0 Å². The van der Waals surface area contributed by atoms with E-state index in [0.29, 0.717) is 25.9 Å². The summed E-state index contributed by atoms with van der Waals surface area (Å²) in [5, 5.41) is 23.4. The van der Waals surface area contributed by atoms with Crippen LogP contribution in [0.25, 0.3) is 0 Å². The fourth-order valence-corrected chi connectivity index (χ4v) is 12.4. The highest BCUT2D eigenvalue weighted by molar-refractivity contribution is 5.76. The van der Waals surface area contributed by atoms with Gasteiger partial charge in [-0.3, -0.25) is 9.59 Å². The van der Waals surface area contributed by atoms with Crippen LogP contribution in [-0.2, 0) is 14.3 Å². The monoisotopic (exact) mass is 1140 g/mol. The van der Waals surface area contributed by atoms with Crippen LogP contribution in [-0.4, -0.2) is 47.4 Å². The Kier molecular flexibility index (Phi) is 70.3. The number of amides is 1. The number of ether oxygens (including phenoxy) is 1. The number of carbonyl (C=O) groups excluding carboxylic acids is 2. The third kappa shape index (κ3) is 67.9. The van der Waals surface area contributed by atoms with E-state index in [-0.39, 0.29) is 18.5 Å². The predicted molar refractivity (Wildman–Crippen MR) is 357 cm³/mol. The minimum absolute atomic E-state index is 0.0236. The van der Waals surface area contributed by atoms with Crippen LogP contribution >= 0.6 is 0 Å². The molecule has 0 aromatic carbocycles. The summed E-state index contributed by atoms with van der Waals surface area (Å²) in [5.41, 5.74) is 0. The molecule has 0 spiro atoms. The summed E-state index contributed by atoms with van der Waals surface area (Å²) in [6.07, 6.45) is 87.4. The summed E-state index contributed by atoms with van der Waals surface area (Å²) >= 11 is 0. The summed E-state index contributed by atoms with van der Waals surface area (Å²) < 4.78 is 5.51. The second-order valence-electron chi connectivity index (χ2n) is 26.4. The number of hydrogen-bond acceptors (Lipinski definition) is 5. The van der Waals surface area contributed by atoms with Crippen LogP contribution in [0.5, 0.6) is 0 Å². The average Bonchev–Trinajstić information content (AvgIpc) is 3.47. The number of hydrogen-bond donors (Lipinski definition) is 3. The number of rotatable bonds is 72. The number of unbranched alkanes of at least 4 members (excludes halogenated alkanes) is 61. The molecular formula is C75H149NO5. The first-order valence-electron chi connectivity index (χ1n) is 37.8. The standard InChI is InChI=1S/C75H149NO5/c1-3-5-7-9-11-13-15-17-19-21-22-32-36-39-43-47-51-55-59-63-67-73(78)72(71-77)76-74(79)68-64-60-56-52-48-44-40-37-33-30-28-26-24-23-25-27-29-31-34-38-42-46-50-54-58-62-66-70-81-75(80)69-65-61-57-53-49-45-41-35-20-18-16-14-12-10-8-6-4-2/h72-73,77-78H,3-71H2,1-2H3,(H,76,79). The summed E-state index contributed by atoms with van der Waals surface area (Å²) in [6.45, 7) is 5.02. The summed E-state index contributed by atoms with van der Waals surface area (Å²) in [5.74, 6) is -0.00297. The Hall–Kier alpha value is -1.14. The van der Waals surface area contributed by atoms with E-state index < -0.39 is 12.1 Å². The van der Waals surface area contributed by atoms with Gasteiger partial charge in [-0.25, -0.2) is 0 Å². The number of esters is 1. The van der Waals surface area contributed by atoms with Gasteiger partial charge < -0.3 is 20.3 Å². The molecule has 6 nitrogen and oxygen atoms in total. The van der Waals surface area contributed by atoms with E-state index in [9.17, 15) is 19.8 Å². The Labute approximate surface area is 508 Å². The van der Waals surface area contributed by atoms with Crippen LogP contribution < -0.4 is 5.32 Å². The van der Waals surface area contributed by atoms with Gasteiger partial charge in [-0.1, -0.05) is 406 Å². The summed E-state index contributed by atoms with van der Waals surface area (Å²) in [7, 11) is 0. The van der Waals surface area contributed by atoms with Crippen molar-refractivity contribution >= 4 is 11.9 Å². The van der Waals surface area contributed by atoms with Gasteiger partial charge in [0.05, 0.1) is 25.4 Å². The molecule has 0 heterocycles. The lowest BCUT2D eigenvalue weighted by Crippen LogP contribution is -2.45. The maximum atomic E-state index is 12.6. The molecule has 0 aromatic rings. The van der Waals surface area contributed by atoms with E-state index in [1.165, 1.54) is 372 Å². The Morgan fingerprint density at radius 1 is 0.296 bits per heavy atom. The maximum absolute atomic E-state index is 12.6. The third-order valence-electron chi connectivity index (χ3n) is 18.2. The molecule has 0 saturated heterocycles. The average molecular weight is 1150 g/mol. The van der Waals surface area contributed by atoms with Crippen molar-refractivity contribution < 1.29 is 24.5 Å². The molecule has 81 heavy (non-hydrogen) atoms. The van der Waals surface area contributed by atoms with E-state index in [4.69, 9.17) is 4.74 Å². The number of nitrogens with one attached hydrogen (secondary N) is 1. The molecule has 0 aliphatic rings. The van der Waals surface area contributed by atoms with E-state index in [1.54, 1.807) is 0 Å². The van der Waals surface area contributed by atoms with Gasteiger partial charge in [0, 0.05) is 12.8 Å². The van der Waals surface area contributed by atoms with Crippen LogP contribution in [0.4, 0.5) is 0 Å². The lowest BCUT2D eigenvalue weighted by Gasteiger charge is -2.22. The second kappa shape index (κ2) is 71.3. The summed E-state index contributed by atoms with van der Waals surface area (Å²) in [6, 6.07) is -0.539. The molecule has 0 aliphatic carbocycles. The molecule has 0 bridgehead atoms. The molecule has 484 valence electrons. The van der Waals surface area contributed by atoms with Crippen LogP contribution in [0, 0.1) is 0 Å². The first-order chi connectivity index (χ1) is 40.0. The van der Waals surface area contributed by atoms with Gasteiger partial charge in [0.25, 0.3) is 0 Å². The third-order valence-corrected chi connectivity index (χ3v) is 18.2. The van der Waals surface area contributed by atoms with Gasteiger partial charge in [0.1, 0.15) is 0 Å². The molecule has 0 fully saturated rings. The molecule has 0 saturated carbocycles. The highest BCUT2D eigenvalue weighted by Crippen LogP contribution is 2.20. The fraction of sp³-hybridized carbons (Fsp3) is 0.973. The molecule has 6 heteroatoms. The molecule has 2 unspecified atom stereocenters. The Bertz CT molecular complexity index is 1180. The predicted octanol–water partition coefficient (Wildman–Crippen LogP) is 24.5. The zero-order valence-electron chi connectivity index (χ0n) is 55.6. The topological polar surface area (TPSA) is 95.9 Å². The van der Waals surface area contributed by atoms with Crippen LogP contribution in [0.3, 0.4) is 0 Å². The van der Waals surface area contributed by atoms with E-state index >= 15 is 0 Å². The van der Waals surface area contributed by atoms with E-state index in [1.807, 2.05) is 0 Å². The number of aliphatic hydroxyl groups excluding tert-OH is 2. The Morgan fingerprint density at radius 3 is 0.753 bits per heavy atom. The van der Waals surface area contributed by atoms with E-state index in [0.717, 1.165) is 38.5 Å². The van der Waals surface area contributed by atoms with Gasteiger partial charge in [-0.2, -0.15) is 0 Å². The maximum Gasteiger partial charge on any atom is 0.305 e. The number of aliphatic hydroxyl groups is 2. The minimum Gasteiger partial charge on any atom is -0.466 e. The van der Waals surface area contributed by atoms with Gasteiger partial charge in [-0.15, -0.1) is 0 Å². The van der Waals surface area contributed by atoms with Crippen molar-refractivity contribution in [1.29, 1.82) is 0 Å². The second-order valence-corrected chi connectivity index (χ2v) is 26.4. The molecule has 0 aliphatic heterocycles. The van der Waals surface area contributed by atoms with Crippen molar-refractivity contribution in [2.75, 3.05) is 13.2 Å². The molecule has 1 amide bonds. The zero-order chi connectivity index (χ0) is 58.5. The van der Waals surface area contributed by atoms with Crippen LogP contribution in [0.1, 0.15) is 444 Å². The first-order valence-corrected chi connectivity index (χ1v) is 37.8. The highest BCUT2D eigenvalue weighted by Gasteiger charge is 2.20. The smallest absolute Gasteiger partial charge is 0.305 e. The lowest BCUT2D eigenvalue weighted by atomic mass is 10.0.